The van der Waals surface area contributed by atoms with Crippen LogP contribution in [0.15, 0.2) is 30.3 Å². The third kappa shape index (κ3) is 4.80. The molecule has 2 N–H and O–H groups in total. The molecule has 1 aromatic heterocycles. The van der Waals surface area contributed by atoms with Gasteiger partial charge in [0.2, 0.25) is 5.95 Å². The molecule has 0 saturated carbocycles. The largest absolute Gasteiger partial charge is 0.433 e. The molecule has 2 rings (SSSR count). The molecule has 0 spiro atoms. The van der Waals surface area contributed by atoms with E-state index in [1.807, 2.05) is 0 Å². The van der Waals surface area contributed by atoms with Crippen molar-refractivity contribution in [1.29, 1.82) is 0 Å². The SMILES string of the molecule is CC(C)(C)Nc1nc(Nc2ccccc2F)cc(C(F)(F)F)n1. The second-order valence-corrected chi connectivity index (χ2v) is 5.94. The zero-order valence-electron chi connectivity index (χ0n) is 12.8. The van der Waals surface area contributed by atoms with Crippen LogP contribution in [-0.2, 0) is 6.18 Å². The molecule has 0 aliphatic carbocycles. The van der Waals surface area contributed by atoms with Gasteiger partial charge in [0.05, 0.1) is 5.69 Å². The Kier molecular flexibility index (Phi) is 4.44. The first-order chi connectivity index (χ1) is 10.5. The van der Waals surface area contributed by atoms with Crippen molar-refractivity contribution >= 4 is 17.5 Å². The summed E-state index contributed by atoms with van der Waals surface area (Å²) in [5, 5.41) is 5.32. The number of benzene rings is 1. The second kappa shape index (κ2) is 6.02. The number of halogens is 4. The summed E-state index contributed by atoms with van der Waals surface area (Å²) in [4.78, 5) is 7.44. The molecule has 0 bridgehead atoms. The highest BCUT2D eigenvalue weighted by Gasteiger charge is 2.34. The van der Waals surface area contributed by atoms with Crippen molar-refractivity contribution in [1.82, 2.24) is 9.97 Å². The number of aromatic nitrogens is 2. The molecule has 0 amide bonds. The maximum atomic E-state index is 13.6. The van der Waals surface area contributed by atoms with E-state index in [-0.39, 0.29) is 17.5 Å². The van der Waals surface area contributed by atoms with Gasteiger partial charge in [-0.2, -0.15) is 18.2 Å². The molecule has 124 valence electrons. The number of nitrogens with one attached hydrogen (secondary N) is 2. The van der Waals surface area contributed by atoms with E-state index in [0.717, 1.165) is 6.07 Å². The lowest BCUT2D eigenvalue weighted by Crippen LogP contribution is -2.28. The first-order valence-corrected chi connectivity index (χ1v) is 6.81. The molecule has 0 atom stereocenters. The predicted molar refractivity (Wildman–Crippen MR) is 80.1 cm³/mol. The highest BCUT2D eigenvalue weighted by Crippen LogP contribution is 2.31. The van der Waals surface area contributed by atoms with Crippen molar-refractivity contribution in [3.8, 4) is 0 Å². The summed E-state index contributed by atoms with van der Waals surface area (Å²) in [6.45, 7) is 5.29. The quantitative estimate of drug-likeness (QED) is 0.809. The van der Waals surface area contributed by atoms with Gasteiger partial charge in [-0.3, -0.25) is 0 Å². The van der Waals surface area contributed by atoms with Crippen LogP contribution in [0.25, 0.3) is 0 Å². The number of hydrogen-bond acceptors (Lipinski definition) is 4. The van der Waals surface area contributed by atoms with E-state index < -0.39 is 23.2 Å². The maximum Gasteiger partial charge on any atom is 0.433 e. The van der Waals surface area contributed by atoms with E-state index in [1.54, 1.807) is 26.8 Å². The highest BCUT2D eigenvalue weighted by atomic mass is 19.4. The Morgan fingerprint density at radius 1 is 1.00 bits per heavy atom. The molecule has 0 radical (unpaired) electrons. The van der Waals surface area contributed by atoms with Gasteiger partial charge in [0.1, 0.15) is 11.6 Å². The number of para-hydroxylation sites is 1. The van der Waals surface area contributed by atoms with E-state index in [0.29, 0.717) is 0 Å². The molecule has 23 heavy (non-hydrogen) atoms. The molecule has 2 aromatic rings. The second-order valence-electron chi connectivity index (χ2n) is 5.94. The van der Waals surface area contributed by atoms with E-state index in [1.165, 1.54) is 18.2 Å². The van der Waals surface area contributed by atoms with Crippen molar-refractivity contribution in [2.45, 2.75) is 32.5 Å². The van der Waals surface area contributed by atoms with Gasteiger partial charge in [-0.15, -0.1) is 0 Å². The van der Waals surface area contributed by atoms with Crippen molar-refractivity contribution in [3.63, 3.8) is 0 Å². The molecule has 0 aliphatic heterocycles. The van der Waals surface area contributed by atoms with Crippen molar-refractivity contribution in [2.24, 2.45) is 0 Å². The van der Waals surface area contributed by atoms with Gasteiger partial charge in [-0.25, -0.2) is 9.37 Å². The number of alkyl halides is 3. The number of anilines is 3. The molecule has 1 heterocycles. The van der Waals surface area contributed by atoms with Gasteiger partial charge in [-0.05, 0) is 32.9 Å². The Balaban J connectivity index is 2.42. The molecule has 0 fully saturated rings. The number of nitrogens with zero attached hydrogens (tertiary/aromatic N) is 2. The van der Waals surface area contributed by atoms with Gasteiger partial charge in [0, 0.05) is 11.6 Å². The standard InChI is InChI=1S/C15H16F4N4/c1-14(2,3)23-13-21-11(15(17,18)19)8-12(22-13)20-10-7-5-4-6-9(10)16/h4-8H,1-3H3,(H2,20,21,22,23). The van der Waals surface area contributed by atoms with Crippen LogP contribution in [-0.4, -0.2) is 15.5 Å². The van der Waals surface area contributed by atoms with Crippen LogP contribution < -0.4 is 10.6 Å². The summed E-state index contributed by atoms with van der Waals surface area (Å²) in [7, 11) is 0. The van der Waals surface area contributed by atoms with Crippen LogP contribution in [0, 0.1) is 5.82 Å². The Hall–Kier alpha value is -2.38. The fourth-order valence-corrected chi connectivity index (χ4v) is 1.75. The summed E-state index contributed by atoms with van der Waals surface area (Å²) in [6, 6.07) is 6.38. The summed E-state index contributed by atoms with van der Waals surface area (Å²) in [6.07, 6.45) is -4.64. The molecule has 0 saturated heterocycles. The van der Waals surface area contributed by atoms with Gasteiger partial charge in [0.25, 0.3) is 0 Å². The smallest absolute Gasteiger partial charge is 0.350 e. The molecular weight excluding hydrogens is 312 g/mol. The first-order valence-electron chi connectivity index (χ1n) is 6.81. The van der Waals surface area contributed by atoms with Gasteiger partial charge < -0.3 is 10.6 Å². The van der Waals surface area contributed by atoms with Crippen LogP contribution in [0.2, 0.25) is 0 Å². The summed E-state index contributed by atoms with van der Waals surface area (Å²) >= 11 is 0. The fraction of sp³-hybridized carbons (Fsp3) is 0.333. The third-order valence-corrected chi connectivity index (χ3v) is 2.64. The van der Waals surface area contributed by atoms with Crippen LogP contribution in [0.3, 0.4) is 0 Å². The summed E-state index contributed by atoms with van der Waals surface area (Å²) in [5.74, 6) is -0.930. The average Bonchev–Trinajstić information content (AvgIpc) is 2.38. The molecule has 8 heteroatoms. The number of rotatable bonds is 3. The van der Waals surface area contributed by atoms with Crippen LogP contribution in [0.5, 0.6) is 0 Å². The summed E-state index contributed by atoms with van der Waals surface area (Å²) in [5.41, 5.74) is -1.61. The minimum absolute atomic E-state index is 0.0287. The third-order valence-electron chi connectivity index (χ3n) is 2.64. The van der Waals surface area contributed by atoms with Crippen molar-refractivity contribution in [2.75, 3.05) is 10.6 Å². The Morgan fingerprint density at radius 2 is 1.65 bits per heavy atom. The monoisotopic (exact) mass is 328 g/mol. The zero-order valence-corrected chi connectivity index (χ0v) is 12.8. The van der Waals surface area contributed by atoms with E-state index >= 15 is 0 Å². The Labute approximate surface area is 131 Å². The average molecular weight is 328 g/mol. The molecule has 1 aromatic carbocycles. The van der Waals surface area contributed by atoms with Crippen LogP contribution >= 0.6 is 0 Å². The lowest BCUT2D eigenvalue weighted by molar-refractivity contribution is -0.141. The molecule has 0 unspecified atom stereocenters. The van der Waals surface area contributed by atoms with Gasteiger partial charge >= 0.3 is 6.18 Å². The van der Waals surface area contributed by atoms with Crippen LogP contribution in [0.1, 0.15) is 26.5 Å². The van der Waals surface area contributed by atoms with E-state index in [2.05, 4.69) is 20.6 Å². The predicted octanol–water partition coefficient (Wildman–Crippen LogP) is 4.59. The van der Waals surface area contributed by atoms with Crippen molar-refractivity contribution < 1.29 is 17.6 Å². The Morgan fingerprint density at radius 3 is 2.22 bits per heavy atom. The minimum atomic E-state index is -4.64. The van der Waals surface area contributed by atoms with Crippen molar-refractivity contribution in [3.05, 3.63) is 41.8 Å². The maximum absolute atomic E-state index is 13.6. The summed E-state index contributed by atoms with van der Waals surface area (Å²) < 4.78 is 52.6. The van der Waals surface area contributed by atoms with Gasteiger partial charge in [-0.1, -0.05) is 12.1 Å². The minimum Gasteiger partial charge on any atom is -0.350 e. The molecular formula is C15H16F4N4. The van der Waals surface area contributed by atoms with Crippen LogP contribution in [0.4, 0.5) is 35.0 Å². The fourth-order valence-electron chi connectivity index (χ4n) is 1.75. The lowest BCUT2D eigenvalue weighted by atomic mass is 10.1. The topological polar surface area (TPSA) is 49.8 Å². The zero-order chi connectivity index (χ0) is 17.3. The molecule has 4 nitrogen and oxygen atoms in total. The highest BCUT2D eigenvalue weighted by molar-refractivity contribution is 5.58. The van der Waals surface area contributed by atoms with Gasteiger partial charge in [0.15, 0.2) is 5.69 Å². The normalized spacial score (nSPS) is 12.1. The number of hydrogen-bond donors (Lipinski definition) is 2. The molecule has 0 aliphatic rings. The van der Waals surface area contributed by atoms with E-state index in [4.69, 9.17) is 0 Å². The van der Waals surface area contributed by atoms with E-state index in [9.17, 15) is 17.6 Å². The Bertz CT molecular complexity index is 693. The first kappa shape index (κ1) is 17.0. The lowest BCUT2D eigenvalue weighted by Gasteiger charge is -2.21.